The predicted octanol–water partition coefficient (Wildman–Crippen LogP) is 5.80. The Kier molecular flexibility index (Phi) is 6.90. The molecule has 1 heterocycles. The van der Waals surface area contributed by atoms with Crippen LogP contribution in [-0.2, 0) is 11.3 Å². The predicted molar refractivity (Wildman–Crippen MR) is 117 cm³/mol. The topological polar surface area (TPSA) is 55.8 Å². The van der Waals surface area contributed by atoms with Gasteiger partial charge >= 0.3 is 0 Å². The van der Waals surface area contributed by atoms with Gasteiger partial charge in [-0.1, -0.05) is 54.1 Å². The molecule has 0 spiro atoms. The Bertz CT molecular complexity index is 986. The molecule has 8 heteroatoms. The van der Waals surface area contributed by atoms with Crippen LogP contribution in [0.1, 0.15) is 11.1 Å². The molecule has 1 aliphatic heterocycles. The minimum absolute atomic E-state index is 0.00154. The Morgan fingerprint density at radius 3 is 2.48 bits per heavy atom. The van der Waals surface area contributed by atoms with Crippen LogP contribution in [-0.4, -0.2) is 29.8 Å². The normalized spacial score (nSPS) is 15.1. The maximum atomic E-state index is 12.9. The standard InChI is InChI=1S/C21H17Cl2NO4S/c1-3-10-28-19-13(6-4-9-17(19)27-2)11-18-20(25)24(21(26)29-18)12-14-15(22)7-5-8-16(14)23/h3-9,11H,1,10,12H2,2H3/b18-11-. The highest BCUT2D eigenvalue weighted by molar-refractivity contribution is 8.18. The summed E-state index contributed by atoms with van der Waals surface area (Å²) in [7, 11) is 1.53. The lowest BCUT2D eigenvalue weighted by Gasteiger charge is -2.15. The largest absolute Gasteiger partial charge is 0.493 e. The second-order valence-corrected chi connectivity index (χ2v) is 7.75. The molecule has 0 unspecified atom stereocenters. The van der Waals surface area contributed by atoms with Crippen LogP contribution in [0.2, 0.25) is 10.0 Å². The highest BCUT2D eigenvalue weighted by atomic mass is 35.5. The van der Waals surface area contributed by atoms with Crippen molar-refractivity contribution in [2.75, 3.05) is 13.7 Å². The van der Waals surface area contributed by atoms with E-state index in [1.54, 1.807) is 48.6 Å². The van der Waals surface area contributed by atoms with Gasteiger partial charge in [-0.25, -0.2) is 0 Å². The quantitative estimate of drug-likeness (QED) is 0.394. The monoisotopic (exact) mass is 449 g/mol. The van der Waals surface area contributed by atoms with Gasteiger partial charge in [0.05, 0.1) is 18.6 Å². The fourth-order valence-electron chi connectivity index (χ4n) is 2.72. The zero-order valence-electron chi connectivity index (χ0n) is 15.5. The lowest BCUT2D eigenvalue weighted by atomic mass is 10.1. The van der Waals surface area contributed by atoms with E-state index in [1.807, 2.05) is 0 Å². The number of imide groups is 1. The molecule has 150 valence electrons. The van der Waals surface area contributed by atoms with Crippen LogP contribution in [0.5, 0.6) is 11.5 Å². The summed E-state index contributed by atoms with van der Waals surface area (Å²) < 4.78 is 11.0. The molecule has 0 aliphatic carbocycles. The number of thioether (sulfide) groups is 1. The molecule has 5 nitrogen and oxygen atoms in total. The average molecular weight is 450 g/mol. The van der Waals surface area contributed by atoms with Crippen molar-refractivity contribution in [2.24, 2.45) is 0 Å². The molecule has 1 saturated heterocycles. The first kappa shape index (κ1) is 21.3. The maximum absolute atomic E-state index is 12.9. The molecule has 0 aromatic heterocycles. The Labute approximate surface area is 182 Å². The average Bonchev–Trinajstić information content (AvgIpc) is 2.96. The van der Waals surface area contributed by atoms with Gasteiger partial charge in [0, 0.05) is 21.2 Å². The third-order valence-electron chi connectivity index (χ3n) is 4.11. The fraction of sp³-hybridized carbons (Fsp3) is 0.143. The van der Waals surface area contributed by atoms with Gasteiger partial charge in [0.15, 0.2) is 11.5 Å². The number of methoxy groups -OCH3 is 1. The molecule has 0 N–H and O–H groups in total. The second kappa shape index (κ2) is 9.39. The Hall–Kier alpha value is -2.41. The van der Waals surface area contributed by atoms with Crippen molar-refractivity contribution in [3.63, 3.8) is 0 Å². The molecule has 1 aliphatic rings. The maximum Gasteiger partial charge on any atom is 0.293 e. The first-order chi connectivity index (χ1) is 14.0. The molecular formula is C21H17Cl2NO4S. The molecule has 0 radical (unpaired) electrons. The van der Waals surface area contributed by atoms with Gasteiger partial charge in [-0.15, -0.1) is 0 Å². The molecule has 2 aromatic carbocycles. The minimum atomic E-state index is -0.423. The number of nitrogens with zero attached hydrogens (tertiary/aromatic N) is 1. The first-order valence-corrected chi connectivity index (χ1v) is 10.1. The van der Waals surface area contributed by atoms with E-state index in [1.165, 1.54) is 7.11 Å². The van der Waals surface area contributed by atoms with Gasteiger partial charge in [-0.2, -0.15) is 0 Å². The first-order valence-electron chi connectivity index (χ1n) is 8.55. The van der Waals surface area contributed by atoms with Crippen LogP contribution >= 0.6 is 35.0 Å². The number of carbonyl (C=O) groups is 2. The minimum Gasteiger partial charge on any atom is -0.493 e. The van der Waals surface area contributed by atoms with Gasteiger partial charge in [-0.3, -0.25) is 14.5 Å². The van der Waals surface area contributed by atoms with Crippen LogP contribution in [0.25, 0.3) is 6.08 Å². The van der Waals surface area contributed by atoms with Crippen molar-refractivity contribution in [3.05, 3.63) is 75.1 Å². The number of benzene rings is 2. The molecular weight excluding hydrogens is 433 g/mol. The van der Waals surface area contributed by atoms with Crippen molar-refractivity contribution in [3.8, 4) is 11.5 Å². The van der Waals surface area contributed by atoms with Crippen molar-refractivity contribution in [2.45, 2.75) is 6.54 Å². The summed E-state index contributed by atoms with van der Waals surface area (Å²) in [5.74, 6) is 0.562. The van der Waals surface area contributed by atoms with E-state index in [0.29, 0.717) is 32.7 Å². The lowest BCUT2D eigenvalue weighted by Crippen LogP contribution is -2.27. The van der Waals surface area contributed by atoms with Crippen LogP contribution in [0, 0.1) is 0 Å². The van der Waals surface area contributed by atoms with E-state index in [2.05, 4.69) is 6.58 Å². The van der Waals surface area contributed by atoms with E-state index in [0.717, 1.165) is 16.7 Å². The number of amides is 2. The van der Waals surface area contributed by atoms with Crippen molar-refractivity contribution >= 4 is 52.2 Å². The zero-order valence-corrected chi connectivity index (χ0v) is 17.8. The number of halogens is 2. The Morgan fingerprint density at radius 1 is 1.14 bits per heavy atom. The summed E-state index contributed by atoms with van der Waals surface area (Å²) in [5.41, 5.74) is 1.14. The summed E-state index contributed by atoms with van der Waals surface area (Å²) in [6.07, 6.45) is 3.22. The molecule has 2 amide bonds. The van der Waals surface area contributed by atoms with E-state index in [-0.39, 0.29) is 18.1 Å². The van der Waals surface area contributed by atoms with Crippen molar-refractivity contribution in [1.29, 1.82) is 0 Å². The molecule has 2 aromatic rings. The van der Waals surface area contributed by atoms with Crippen LogP contribution in [0.3, 0.4) is 0 Å². The lowest BCUT2D eigenvalue weighted by molar-refractivity contribution is -0.123. The third kappa shape index (κ3) is 4.61. The third-order valence-corrected chi connectivity index (χ3v) is 5.73. The summed E-state index contributed by atoms with van der Waals surface area (Å²) in [4.78, 5) is 26.7. The molecule has 0 atom stereocenters. The number of carbonyl (C=O) groups excluding carboxylic acids is 2. The molecule has 1 fully saturated rings. The van der Waals surface area contributed by atoms with Gasteiger partial charge in [-0.05, 0) is 36.0 Å². The number of hydrogen-bond acceptors (Lipinski definition) is 5. The highest BCUT2D eigenvalue weighted by Gasteiger charge is 2.36. The highest BCUT2D eigenvalue weighted by Crippen LogP contribution is 2.38. The van der Waals surface area contributed by atoms with E-state index >= 15 is 0 Å². The van der Waals surface area contributed by atoms with Gasteiger partial charge in [0.1, 0.15) is 6.61 Å². The number of ether oxygens (including phenoxy) is 2. The Balaban J connectivity index is 1.92. The van der Waals surface area contributed by atoms with Gasteiger partial charge in [0.25, 0.3) is 11.1 Å². The molecule has 3 rings (SSSR count). The van der Waals surface area contributed by atoms with Gasteiger partial charge < -0.3 is 9.47 Å². The zero-order chi connectivity index (χ0) is 21.0. The summed E-state index contributed by atoms with van der Waals surface area (Å²) in [5, 5.41) is 0.399. The molecule has 29 heavy (non-hydrogen) atoms. The van der Waals surface area contributed by atoms with E-state index in [4.69, 9.17) is 32.7 Å². The van der Waals surface area contributed by atoms with Crippen molar-refractivity contribution < 1.29 is 19.1 Å². The summed E-state index contributed by atoms with van der Waals surface area (Å²) in [6.45, 7) is 3.91. The number of para-hydroxylation sites is 1. The van der Waals surface area contributed by atoms with Crippen LogP contribution in [0.4, 0.5) is 4.79 Å². The van der Waals surface area contributed by atoms with Crippen LogP contribution in [0.15, 0.2) is 54.0 Å². The van der Waals surface area contributed by atoms with E-state index < -0.39 is 11.1 Å². The van der Waals surface area contributed by atoms with E-state index in [9.17, 15) is 9.59 Å². The number of rotatable bonds is 7. The molecule has 0 bridgehead atoms. The van der Waals surface area contributed by atoms with Crippen LogP contribution < -0.4 is 9.47 Å². The van der Waals surface area contributed by atoms with Gasteiger partial charge in [0.2, 0.25) is 0 Å². The van der Waals surface area contributed by atoms with Crippen molar-refractivity contribution in [1.82, 2.24) is 4.90 Å². The second-order valence-electron chi connectivity index (χ2n) is 5.95. The Morgan fingerprint density at radius 2 is 1.83 bits per heavy atom. The summed E-state index contributed by atoms with van der Waals surface area (Å²) >= 11 is 13.2. The SMILES string of the molecule is C=CCOc1c(/C=C2\SC(=O)N(Cc3c(Cl)cccc3Cl)C2=O)cccc1OC. The fourth-order valence-corrected chi connectivity index (χ4v) is 4.07. The smallest absolute Gasteiger partial charge is 0.293 e. The molecule has 0 saturated carbocycles. The number of hydrogen-bond donors (Lipinski definition) is 0. The summed E-state index contributed by atoms with van der Waals surface area (Å²) in [6, 6.07) is 10.3.